The van der Waals surface area contributed by atoms with Crippen molar-refractivity contribution in [1.29, 1.82) is 0 Å². The second-order valence-electron chi connectivity index (χ2n) is 5.77. The van der Waals surface area contributed by atoms with Crippen LogP contribution < -0.4 is 4.74 Å². The highest BCUT2D eigenvalue weighted by atomic mass is 16.5. The fourth-order valence-electron chi connectivity index (χ4n) is 2.33. The summed E-state index contributed by atoms with van der Waals surface area (Å²) < 4.78 is 15.6. The minimum Gasteiger partial charge on any atom is -0.483 e. The molecule has 0 aliphatic heterocycles. The van der Waals surface area contributed by atoms with Crippen LogP contribution in [0.2, 0.25) is 0 Å². The minimum atomic E-state index is -0.303. The van der Waals surface area contributed by atoms with Gasteiger partial charge in [0.05, 0.1) is 13.0 Å². The van der Waals surface area contributed by atoms with Gasteiger partial charge in [-0.15, -0.1) is 0 Å². The highest BCUT2D eigenvalue weighted by Crippen LogP contribution is 2.20. The summed E-state index contributed by atoms with van der Waals surface area (Å²) in [7, 11) is 1.62. The van der Waals surface area contributed by atoms with Crippen molar-refractivity contribution in [1.82, 2.24) is 4.90 Å². The number of benzene rings is 1. The maximum Gasteiger partial charge on any atom is 0.307 e. The van der Waals surface area contributed by atoms with Crippen LogP contribution in [0.5, 0.6) is 5.75 Å². The molecular formula is C19H29NO5. The van der Waals surface area contributed by atoms with Gasteiger partial charge in [-0.1, -0.05) is 12.1 Å². The second kappa shape index (κ2) is 11.5. The molecule has 0 atom stereocenters. The van der Waals surface area contributed by atoms with Gasteiger partial charge in [0.15, 0.2) is 6.61 Å². The topological polar surface area (TPSA) is 65.1 Å². The summed E-state index contributed by atoms with van der Waals surface area (Å²) in [6.07, 6.45) is 0.880. The van der Waals surface area contributed by atoms with Gasteiger partial charge in [0.1, 0.15) is 5.75 Å². The molecule has 1 amide bonds. The van der Waals surface area contributed by atoms with Crippen LogP contribution >= 0.6 is 0 Å². The molecule has 0 spiro atoms. The van der Waals surface area contributed by atoms with Crippen molar-refractivity contribution in [3.05, 3.63) is 29.3 Å². The largest absolute Gasteiger partial charge is 0.483 e. The lowest BCUT2D eigenvalue weighted by molar-refractivity contribution is -0.144. The molecule has 1 aromatic carbocycles. The summed E-state index contributed by atoms with van der Waals surface area (Å²) in [6.45, 7) is 7.40. The van der Waals surface area contributed by atoms with Gasteiger partial charge in [-0.25, -0.2) is 0 Å². The summed E-state index contributed by atoms with van der Waals surface area (Å²) >= 11 is 0. The van der Waals surface area contributed by atoms with Gasteiger partial charge in [-0.3, -0.25) is 9.59 Å². The molecule has 1 aromatic rings. The van der Waals surface area contributed by atoms with Crippen LogP contribution in [-0.2, 0) is 19.1 Å². The number of amides is 1. The molecule has 0 unspecified atom stereocenters. The third-order valence-electron chi connectivity index (χ3n) is 3.93. The molecule has 0 aromatic heterocycles. The number of nitrogens with zero attached hydrogens (tertiary/aromatic N) is 1. The first kappa shape index (κ1) is 21.0. The molecular weight excluding hydrogens is 322 g/mol. The molecule has 0 radical (unpaired) electrons. The maximum absolute atomic E-state index is 12.5. The monoisotopic (exact) mass is 351 g/mol. The summed E-state index contributed by atoms with van der Waals surface area (Å²) in [4.78, 5) is 25.7. The van der Waals surface area contributed by atoms with Gasteiger partial charge in [-0.2, -0.15) is 0 Å². The van der Waals surface area contributed by atoms with Gasteiger partial charge in [-0.05, 0) is 44.4 Å². The van der Waals surface area contributed by atoms with E-state index in [2.05, 4.69) is 0 Å². The Morgan fingerprint density at radius 2 is 1.92 bits per heavy atom. The molecule has 0 aliphatic rings. The summed E-state index contributed by atoms with van der Waals surface area (Å²) in [5.74, 6) is 0.249. The third kappa shape index (κ3) is 7.56. The van der Waals surface area contributed by atoms with E-state index in [1.54, 1.807) is 18.9 Å². The molecule has 0 aliphatic carbocycles. The molecule has 0 bridgehead atoms. The van der Waals surface area contributed by atoms with E-state index in [1.807, 2.05) is 32.0 Å². The lowest BCUT2D eigenvalue weighted by Crippen LogP contribution is -2.37. The molecule has 0 heterocycles. The minimum absolute atomic E-state index is 0.0555. The van der Waals surface area contributed by atoms with E-state index in [-0.39, 0.29) is 24.9 Å². The first-order chi connectivity index (χ1) is 12.0. The van der Waals surface area contributed by atoms with Gasteiger partial charge in [0, 0.05) is 26.8 Å². The summed E-state index contributed by atoms with van der Waals surface area (Å²) in [5.41, 5.74) is 2.14. The number of methoxy groups -OCH3 is 1. The molecule has 0 fully saturated rings. The number of aryl methyl sites for hydroxylation is 1. The van der Waals surface area contributed by atoms with Crippen LogP contribution in [0.3, 0.4) is 0 Å². The molecule has 0 saturated heterocycles. The van der Waals surface area contributed by atoms with Crippen molar-refractivity contribution in [2.75, 3.05) is 40.0 Å². The first-order valence-corrected chi connectivity index (χ1v) is 8.61. The van der Waals surface area contributed by atoms with Crippen molar-refractivity contribution >= 4 is 11.9 Å². The molecule has 6 nitrogen and oxygen atoms in total. The molecule has 25 heavy (non-hydrogen) atoms. The second-order valence-corrected chi connectivity index (χ2v) is 5.77. The van der Waals surface area contributed by atoms with Gasteiger partial charge < -0.3 is 19.1 Å². The van der Waals surface area contributed by atoms with Crippen LogP contribution in [0.15, 0.2) is 18.2 Å². The Morgan fingerprint density at radius 1 is 1.16 bits per heavy atom. The van der Waals surface area contributed by atoms with E-state index in [9.17, 15) is 9.59 Å². The van der Waals surface area contributed by atoms with Gasteiger partial charge in [0.2, 0.25) is 0 Å². The number of hydrogen-bond donors (Lipinski definition) is 0. The Kier molecular flexibility index (Phi) is 9.62. The Bertz CT molecular complexity index is 559. The number of rotatable bonds is 11. The predicted octanol–water partition coefficient (Wildman–Crippen LogP) is 2.50. The van der Waals surface area contributed by atoms with E-state index in [1.165, 1.54) is 0 Å². The van der Waals surface area contributed by atoms with Crippen LogP contribution in [0.25, 0.3) is 0 Å². The van der Waals surface area contributed by atoms with E-state index >= 15 is 0 Å². The predicted molar refractivity (Wildman–Crippen MR) is 95.7 cm³/mol. The average molecular weight is 351 g/mol. The van der Waals surface area contributed by atoms with E-state index in [0.29, 0.717) is 38.5 Å². The van der Waals surface area contributed by atoms with Crippen LogP contribution in [-0.4, -0.2) is 56.8 Å². The zero-order valence-corrected chi connectivity index (χ0v) is 15.7. The average Bonchev–Trinajstić information content (AvgIpc) is 2.59. The number of hydrogen-bond acceptors (Lipinski definition) is 5. The SMILES string of the molecule is CCOC(=O)CCN(CCCOC)C(=O)COc1cccc(C)c1C. The molecule has 140 valence electrons. The Labute approximate surface area is 150 Å². The number of esters is 1. The summed E-state index contributed by atoms with van der Waals surface area (Å²) in [5, 5.41) is 0. The van der Waals surface area contributed by atoms with Crippen LogP contribution in [0.4, 0.5) is 0 Å². The number of ether oxygens (including phenoxy) is 3. The van der Waals surface area contributed by atoms with Crippen molar-refractivity contribution in [3.63, 3.8) is 0 Å². The highest BCUT2D eigenvalue weighted by Gasteiger charge is 2.16. The molecule has 6 heteroatoms. The Hall–Kier alpha value is -2.08. The fraction of sp³-hybridized carbons (Fsp3) is 0.579. The van der Waals surface area contributed by atoms with Crippen molar-refractivity contribution in [2.45, 2.75) is 33.6 Å². The van der Waals surface area contributed by atoms with Crippen LogP contribution in [0.1, 0.15) is 30.9 Å². The summed E-state index contributed by atoms with van der Waals surface area (Å²) in [6, 6.07) is 5.75. The van der Waals surface area contributed by atoms with Gasteiger partial charge in [0.25, 0.3) is 5.91 Å². The maximum atomic E-state index is 12.5. The Balaban J connectivity index is 2.60. The van der Waals surface area contributed by atoms with Crippen molar-refractivity contribution in [2.24, 2.45) is 0 Å². The van der Waals surface area contributed by atoms with Crippen molar-refractivity contribution < 1.29 is 23.8 Å². The quantitative estimate of drug-likeness (QED) is 0.453. The lowest BCUT2D eigenvalue weighted by atomic mass is 10.1. The number of carbonyl (C=O) groups excluding carboxylic acids is 2. The van der Waals surface area contributed by atoms with Crippen LogP contribution in [0, 0.1) is 13.8 Å². The molecule has 0 N–H and O–H groups in total. The van der Waals surface area contributed by atoms with Crippen molar-refractivity contribution in [3.8, 4) is 5.75 Å². The van der Waals surface area contributed by atoms with E-state index in [4.69, 9.17) is 14.2 Å². The lowest BCUT2D eigenvalue weighted by Gasteiger charge is -2.22. The highest BCUT2D eigenvalue weighted by molar-refractivity contribution is 5.78. The first-order valence-electron chi connectivity index (χ1n) is 8.61. The zero-order valence-electron chi connectivity index (χ0n) is 15.7. The van der Waals surface area contributed by atoms with E-state index in [0.717, 1.165) is 11.1 Å². The van der Waals surface area contributed by atoms with E-state index < -0.39 is 0 Å². The van der Waals surface area contributed by atoms with Gasteiger partial charge >= 0.3 is 5.97 Å². The molecule has 1 rings (SSSR count). The molecule has 0 saturated carbocycles. The number of carbonyl (C=O) groups is 2. The normalized spacial score (nSPS) is 10.4. The Morgan fingerprint density at radius 3 is 2.60 bits per heavy atom. The fourth-order valence-corrected chi connectivity index (χ4v) is 2.33. The third-order valence-corrected chi connectivity index (χ3v) is 3.93. The zero-order chi connectivity index (χ0) is 18.7. The standard InChI is InChI=1S/C19H29NO5/c1-5-24-19(22)10-12-20(11-7-13-23-4)18(21)14-25-17-9-6-8-15(2)16(17)3/h6,8-9H,5,7,10-14H2,1-4H3. The smallest absolute Gasteiger partial charge is 0.307 e.